The van der Waals surface area contributed by atoms with E-state index in [-0.39, 0.29) is 22.8 Å². The first-order valence-corrected chi connectivity index (χ1v) is 12.0. The third-order valence-corrected chi connectivity index (χ3v) is 6.44. The summed E-state index contributed by atoms with van der Waals surface area (Å²) in [4.78, 5) is 30.2. The molecule has 1 unspecified atom stereocenters. The number of amides is 1. The van der Waals surface area contributed by atoms with Crippen molar-refractivity contribution in [2.24, 2.45) is 0 Å². The van der Waals surface area contributed by atoms with E-state index in [0.717, 1.165) is 25.2 Å². The Morgan fingerprint density at radius 3 is 2.49 bits per heavy atom. The highest BCUT2D eigenvalue weighted by molar-refractivity contribution is 6.46. The van der Waals surface area contributed by atoms with Crippen LogP contribution in [0.4, 0.5) is 0 Å². The first-order chi connectivity index (χ1) is 16.9. The average Bonchev–Trinajstić information content (AvgIpc) is 3.11. The molecule has 2 aliphatic heterocycles. The lowest BCUT2D eigenvalue weighted by molar-refractivity contribution is -0.140. The van der Waals surface area contributed by atoms with Crippen LogP contribution in [-0.4, -0.2) is 77.7 Å². The fourth-order valence-electron chi connectivity index (χ4n) is 4.59. The lowest BCUT2D eigenvalue weighted by Gasteiger charge is -2.29. The molecule has 35 heavy (non-hydrogen) atoms. The number of benzene rings is 2. The molecule has 2 fully saturated rings. The Hall–Kier alpha value is -3.36. The number of ketones is 1. The van der Waals surface area contributed by atoms with E-state index in [1.165, 1.54) is 11.0 Å². The molecule has 2 aliphatic rings. The van der Waals surface area contributed by atoms with Crippen LogP contribution in [0.3, 0.4) is 0 Å². The summed E-state index contributed by atoms with van der Waals surface area (Å²) in [6, 6.07) is 11.1. The van der Waals surface area contributed by atoms with E-state index in [1.54, 1.807) is 31.2 Å². The Labute approximate surface area is 205 Å². The van der Waals surface area contributed by atoms with Gasteiger partial charge in [-0.05, 0) is 38.0 Å². The number of aromatic hydroxyl groups is 1. The summed E-state index contributed by atoms with van der Waals surface area (Å²) in [7, 11) is 0. The smallest absolute Gasteiger partial charge is 0.295 e. The zero-order valence-electron chi connectivity index (χ0n) is 20.2. The normalized spacial score (nSPS) is 20.4. The second-order valence-corrected chi connectivity index (χ2v) is 8.83. The van der Waals surface area contributed by atoms with Gasteiger partial charge in [-0.1, -0.05) is 35.9 Å². The molecule has 4 rings (SSSR count). The molecule has 2 aromatic rings. The zero-order chi connectivity index (χ0) is 24.9. The molecule has 1 amide bonds. The molecule has 8 nitrogen and oxygen atoms in total. The predicted octanol–water partition coefficient (Wildman–Crippen LogP) is 3.24. The van der Waals surface area contributed by atoms with Gasteiger partial charge >= 0.3 is 0 Å². The van der Waals surface area contributed by atoms with Crippen LogP contribution in [0.15, 0.2) is 48.0 Å². The molecule has 0 saturated carbocycles. The first-order valence-electron chi connectivity index (χ1n) is 12.0. The van der Waals surface area contributed by atoms with E-state index >= 15 is 0 Å². The van der Waals surface area contributed by atoms with Crippen molar-refractivity contribution in [2.75, 3.05) is 46.0 Å². The number of ether oxygens (including phenoxy) is 2. The molecular formula is C27H32N2O6. The maximum absolute atomic E-state index is 13.2. The van der Waals surface area contributed by atoms with E-state index in [4.69, 9.17) is 9.47 Å². The molecule has 2 heterocycles. The summed E-state index contributed by atoms with van der Waals surface area (Å²) in [5, 5.41) is 21.4. The minimum absolute atomic E-state index is 0.0293. The molecule has 1 atom stereocenters. The van der Waals surface area contributed by atoms with E-state index in [2.05, 4.69) is 4.90 Å². The van der Waals surface area contributed by atoms with Crippen molar-refractivity contribution in [1.82, 2.24) is 9.80 Å². The highest BCUT2D eigenvalue weighted by Gasteiger charge is 2.46. The third-order valence-electron chi connectivity index (χ3n) is 6.44. The summed E-state index contributed by atoms with van der Waals surface area (Å²) < 4.78 is 10.9. The Morgan fingerprint density at radius 2 is 1.80 bits per heavy atom. The number of carbonyl (C=O) groups is 2. The molecule has 0 spiro atoms. The number of Topliss-reactive ketones (excluding diaryl/α,β-unsaturated/α-hetero) is 1. The van der Waals surface area contributed by atoms with Crippen molar-refractivity contribution in [1.29, 1.82) is 0 Å². The number of carbonyl (C=O) groups excluding carboxylic acids is 2. The van der Waals surface area contributed by atoms with E-state index in [0.29, 0.717) is 43.9 Å². The number of phenolic OH excluding ortho intramolecular Hbond substituents is 1. The van der Waals surface area contributed by atoms with Crippen LogP contribution >= 0.6 is 0 Å². The van der Waals surface area contributed by atoms with E-state index in [9.17, 15) is 19.8 Å². The summed E-state index contributed by atoms with van der Waals surface area (Å²) in [6.07, 6.45) is 0.671. The Kier molecular flexibility index (Phi) is 7.73. The molecule has 186 valence electrons. The van der Waals surface area contributed by atoms with Crippen LogP contribution in [0.1, 0.15) is 36.1 Å². The van der Waals surface area contributed by atoms with Gasteiger partial charge in [0.15, 0.2) is 11.5 Å². The number of hydrogen-bond donors (Lipinski definition) is 2. The number of aliphatic hydroxyl groups excluding tert-OH is 1. The topological polar surface area (TPSA) is 99.5 Å². The van der Waals surface area contributed by atoms with Crippen molar-refractivity contribution >= 4 is 17.4 Å². The second kappa shape index (κ2) is 10.9. The molecule has 0 aromatic heterocycles. The third kappa shape index (κ3) is 5.33. The van der Waals surface area contributed by atoms with Crippen LogP contribution in [0, 0.1) is 6.92 Å². The molecule has 2 N–H and O–H groups in total. The molecule has 2 saturated heterocycles. The monoisotopic (exact) mass is 480 g/mol. The number of likely N-dealkylation sites (tertiary alicyclic amines) is 1. The van der Waals surface area contributed by atoms with E-state index in [1.807, 2.05) is 19.1 Å². The highest BCUT2D eigenvalue weighted by atomic mass is 16.5. The quantitative estimate of drug-likeness (QED) is 0.340. The van der Waals surface area contributed by atoms with Gasteiger partial charge in [-0.15, -0.1) is 0 Å². The number of nitrogens with zero attached hydrogens (tertiary/aromatic N) is 2. The Bertz CT molecular complexity index is 1110. The fourth-order valence-corrected chi connectivity index (χ4v) is 4.59. The molecule has 8 heteroatoms. The minimum atomic E-state index is -0.791. The molecule has 0 aliphatic carbocycles. The van der Waals surface area contributed by atoms with E-state index < -0.39 is 17.7 Å². The van der Waals surface area contributed by atoms with Crippen LogP contribution in [-0.2, 0) is 14.3 Å². The molecule has 0 radical (unpaired) electrons. The molecule has 0 bridgehead atoms. The Balaban J connectivity index is 1.71. The van der Waals surface area contributed by atoms with Gasteiger partial charge in [0.25, 0.3) is 11.7 Å². The number of hydrogen-bond acceptors (Lipinski definition) is 7. The van der Waals surface area contributed by atoms with Gasteiger partial charge in [-0.25, -0.2) is 0 Å². The van der Waals surface area contributed by atoms with Crippen LogP contribution in [0.2, 0.25) is 0 Å². The van der Waals surface area contributed by atoms with Crippen LogP contribution < -0.4 is 4.74 Å². The summed E-state index contributed by atoms with van der Waals surface area (Å²) in [5.74, 6) is -1.34. The molecular weight excluding hydrogens is 448 g/mol. The number of aliphatic hydroxyl groups is 1. The van der Waals surface area contributed by atoms with Crippen LogP contribution in [0.5, 0.6) is 11.5 Å². The van der Waals surface area contributed by atoms with Gasteiger partial charge in [0.1, 0.15) is 5.76 Å². The summed E-state index contributed by atoms with van der Waals surface area (Å²) in [5.41, 5.74) is 2.11. The minimum Gasteiger partial charge on any atom is -0.507 e. The maximum atomic E-state index is 13.2. The van der Waals surface area contributed by atoms with Crippen molar-refractivity contribution in [3.05, 3.63) is 64.7 Å². The lowest BCUT2D eigenvalue weighted by atomic mass is 9.94. The zero-order valence-corrected chi connectivity index (χ0v) is 20.2. The number of aryl methyl sites for hydroxylation is 1. The summed E-state index contributed by atoms with van der Waals surface area (Å²) in [6.45, 7) is 8.27. The van der Waals surface area contributed by atoms with Gasteiger partial charge in [0, 0.05) is 31.7 Å². The maximum Gasteiger partial charge on any atom is 0.295 e. The van der Waals surface area contributed by atoms with Crippen molar-refractivity contribution in [2.45, 2.75) is 26.3 Å². The SMILES string of the molecule is CCOc1cc(C2/C(=C(/O)c3ccc(C)cc3)C(=O)C(=O)N2CCCN2CCOCC2)ccc1O. The number of rotatable bonds is 8. The average molecular weight is 481 g/mol. The van der Waals surface area contributed by atoms with Crippen molar-refractivity contribution < 1.29 is 29.3 Å². The largest absolute Gasteiger partial charge is 0.507 e. The van der Waals surface area contributed by atoms with Crippen molar-refractivity contribution in [3.63, 3.8) is 0 Å². The van der Waals surface area contributed by atoms with Gasteiger partial charge in [0.2, 0.25) is 0 Å². The number of phenols is 1. The first kappa shape index (κ1) is 24.8. The van der Waals surface area contributed by atoms with Crippen molar-refractivity contribution in [3.8, 4) is 11.5 Å². The van der Waals surface area contributed by atoms with Gasteiger partial charge in [-0.2, -0.15) is 0 Å². The Morgan fingerprint density at radius 1 is 1.09 bits per heavy atom. The summed E-state index contributed by atoms with van der Waals surface area (Å²) >= 11 is 0. The van der Waals surface area contributed by atoms with Crippen LogP contribution in [0.25, 0.3) is 5.76 Å². The van der Waals surface area contributed by atoms with Gasteiger partial charge in [-0.3, -0.25) is 14.5 Å². The standard InChI is InChI=1S/C27H32N2O6/c1-3-35-22-17-20(9-10-21(22)30)24-23(25(31)19-7-5-18(2)6-8-19)26(32)27(33)29(24)12-4-11-28-13-15-34-16-14-28/h5-10,17,24,30-31H,3-4,11-16H2,1-2H3/b25-23-. The molecule has 2 aromatic carbocycles. The second-order valence-electron chi connectivity index (χ2n) is 8.83. The van der Waals surface area contributed by atoms with Gasteiger partial charge < -0.3 is 24.6 Å². The fraction of sp³-hybridized carbons (Fsp3) is 0.407. The highest BCUT2D eigenvalue weighted by Crippen LogP contribution is 2.41. The number of morpholine rings is 1. The lowest BCUT2D eigenvalue weighted by Crippen LogP contribution is -2.38. The predicted molar refractivity (Wildman–Crippen MR) is 131 cm³/mol. The van der Waals surface area contributed by atoms with Gasteiger partial charge in [0.05, 0.1) is 31.4 Å².